The summed E-state index contributed by atoms with van der Waals surface area (Å²) >= 11 is 0. The maximum absolute atomic E-state index is 12.4. The van der Waals surface area contributed by atoms with Crippen LogP contribution in [0.4, 0.5) is 9.59 Å². The number of nitrogens with zero attached hydrogens (tertiary/aromatic N) is 6. The zero-order valence-electron chi connectivity index (χ0n) is 16.1. The van der Waals surface area contributed by atoms with E-state index in [4.69, 9.17) is 0 Å². The lowest BCUT2D eigenvalue weighted by molar-refractivity contribution is 0.217. The van der Waals surface area contributed by atoms with Gasteiger partial charge in [0.15, 0.2) is 0 Å². The lowest BCUT2D eigenvalue weighted by Crippen LogP contribution is -2.46. The van der Waals surface area contributed by atoms with Gasteiger partial charge >= 0.3 is 12.1 Å². The number of benzene rings is 2. The van der Waals surface area contributed by atoms with Crippen LogP contribution in [-0.2, 0) is 0 Å². The Morgan fingerprint density at radius 1 is 0.633 bits per heavy atom. The average molecular weight is 404 g/mol. The SMILES string of the molecule is O=C(NC1CCC(NC(=O)n2nc3ccccc3n2)CC1)n1nc2ccccc2n1. The van der Waals surface area contributed by atoms with E-state index in [0.717, 1.165) is 35.3 Å². The van der Waals surface area contributed by atoms with Crippen LogP contribution in [0.15, 0.2) is 48.5 Å². The van der Waals surface area contributed by atoms with E-state index in [2.05, 4.69) is 31.0 Å². The summed E-state index contributed by atoms with van der Waals surface area (Å²) < 4.78 is 0. The van der Waals surface area contributed by atoms with Gasteiger partial charge in [-0.15, -0.1) is 20.4 Å². The number of hydrogen-bond acceptors (Lipinski definition) is 6. The van der Waals surface area contributed by atoms with Crippen molar-refractivity contribution >= 4 is 34.1 Å². The Hall–Kier alpha value is -3.82. The molecule has 0 spiro atoms. The molecule has 0 unspecified atom stereocenters. The predicted molar refractivity (Wildman–Crippen MR) is 109 cm³/mol. The summed E-state index contributed by atoms with van der Waals surface area (Å²) in [6, 6.07) is 14.1. The highest BCUT2D eigenvalue weighted by atomic mass is 16.2. The fourth-order valence-electron chi connectivity index (χ4n) is 3.75. The van der Waals surface area contributed by atoms with E-state index in [1.165, 1.54) is 0 Å². The van der Waals surface area contributed by atoms with Gasteiger partial charge in [0.2, 0.25) is 0 Å². The molecule has 0 radical (unpaired) electrons. The largest absolute Gasteiger partial charge is 0.359 e. The van der Waals surface area contributed by atoms with E-state index in [9.17, 15) is 9.59 Å². The van der Waals surface area contributed by atoms with Crippen LogP contribution in [-0.4, -0.2) is 54.1 Å². The minimum Gasteiger partial charge on any atom is -0.332 e. The van der Waals surface area contributed by atoms with Gasteiger partial charge in [0, 0.05) is 12.1 Å². The van der Waals surface area contributed by atoms with Crippen LogP contribution in [0.5, 0.6) is 0 Å². The molecule has 2 N–H and O–H groups in total. The topological polar surface area (TPSA) is 120 Å². The van der Waals surface area contributed by atoms with Gasteiger partial charge < -0.3 is 10.6 Å². The van der Waals surface area contributed by atoms with E-state index >= 15 is 0 Å². The van der Waals surface area contributed by atoms with Crippen LogP contribution >= 0.6 is 0 Å². The number of carbonyl (C=O) groups excluding carboxylic acids is 2. The van der Waals surface area contributed by atoms with Crippen LogP contribution in [0.2, 0.25) is 0 Å². The quantitative estimate of drug-likeness (QED) is 0.529. The molecule has 10 heteroatoms. The predicted octanol–water partition coefficient (Wildman–Crippen LogP) is 2.30. The average Bonchev–Trinajstić information content (AvgIpc) is 3.39. The molecule has 152 valence electrons. The molecule has 0 bridgehead atoms. The summed E-state index contributed by atoms with van der Waals surface area (Å²) in [5.41, 5.74) is 2.72. The molecular weight excluding hydrogens is 384 g/mol. The normalized spacial score (nSPS) is 19.1. The van der Waals surface area contributed by atoms with Crippen molar-refractivity contribution in [3.63, 3.8) is 0 Å². The number of nitrogens with one attached hydrogen (secondary N) is 2. The summed E-state index contributed by atoms with van der Waals surface area (Å²) in [6.45, 7) is 0. The Morgan fingerprint density at radius 2 is 0.933 bits per heavy atom. The first-order valence-electron chi connectivity index (χ1n) is 9.91. The van der Waals surface area contributed by atoms with E-state index in [-0.39, 0.29) is 24.1 Å². The Bertz CT molecular complexity index is 1060. The van der Waals surface area contributed by atoms with Crippen molar-refractivity contribution < 1.29 is 9.59 Å². The van der Waals surface area contributed by atoms with Crippen LogP contribution in [0, 0.1) is 0 Å². The van der Waals surface area contributed by atoms with Gasteiger partial charge in [-0.2, -0.15) is 0 Å². The Balaban J connectivity index is 1.15. The number of hydrogen-bond donors (Lipinski definition) is 2. The van der Waals surface area contributed by atoms with Crippen molar-refractivity contribution in [3.05, 3.63) is 48.5 Å². The molecule has 5 rings (SSSR count). The summed E-state index contributed by atoms with van der Waals surface area (Å²) in [7, 11) is 0. The highest BCUT2D eigenvalue weighted by molar-refractivity contribution is 5.81. The molecule has 2 heterocycles. The van der Waals surface area contributed by atoms with Crippen molar-refractivity contribution in [2.24, 2.45) is 0 Å². The van der Waals surface area contributed by atoms with Crippen LogP contribution < -0.4 is 10.6 Å². The lowest BCUT2D eigenvalue weighted by Gasteiger charge is -2.29. The van der Waals surface area contributed by atoms with Gasteiger partial charge in [0.1, 0.15) is 22.1 Å². The van der Waals surface area contributed by atoms with Crippen LogP contribution in [0.3, 0.4) is 0 Å². The lowest BCUT2D eigenvalue weighted by atomic mass is 9.91. The molecule has 2 amide bonds. The molecule has 2 aromatic carbocycles. The molecule has 0 saturated heterocycles. The van der Waals surface area contributed by atoms with Gasteiger partial charge in [-0.3, -0.25) is 0 Å². The number of fused-ring (bicyclic) bond motifs is 2. The molecular formula is C20H20N8O2. The molecule has 30 heavy (non-hydrogen) atoms. The third kappa shape index (κ3) is 3.59. The highest BCUT2D eigenvalue weighted by Gasteiger charge is 2.25. The third-order valence-electron chi connectivity index (χ3n) is 5.32. The zero-order valence-corrected chi connectivity index (χ0v) is 16.1. The summed E-state index contributed by atoms with van der Waals surface area (Å²) in [5.74, 6) is 0. The third-order valence-corrected chi connectivity index (χ3v) is 5.32. The molecule has 0 atom stereocenters. The van der Waals surface area contributed by atoms with E-state index < -0.39 is 0 Å². The van der Waals surface area contributed by atoms with Crippen molar-refractivity contribution in [2.45, 2.75) is 37.8 Å². The standard InChI is InChI=1S/C20H20N8O2/c29-19(27-23-15-5-1-2-6-16(15)24-27)21-13-9-11-14(12-10-13)22-20(30)28-25-17-7-3-4-8-18(17)26-28/h1-8,13-14H,9-12H2,(H,21,29)(H,22,30). The number of rotatable bonds is 2. The van der Waals surface area contributed by atoms with Crippen LogP contribution in [0.1, 0.15) is 25.7 Å². The van der Waals surface area contributed by atoms with Gasteiger partial charge in [0.25, 0.3) is 0 Å². The zero-order chi connectivity index (χ0) is 20.5. The molecule has 4 aromatic rings. The molecule has 0 aliphatic heterocycles. The summed E-state index contributed by atoms with van der Waals surface area (Å²) in [5, 5.41) is 22.8. The maximum Gasteiger partial charge on any atom is 0.359 e. The van der Waals surface area contributed by atoms with Crippen molar-refractivity contribution in [2.75, 3.05) is 0 Å². The fraction of sp³-hybridized carbons (Fsp3) is 0.300. The van der Waals surface area contributed by atoms with Crippen molar-refractivity contribution in [1.82, 2.24) is 40.6 Å². The van der Waals surface area contributed by atoms with Gasteiger partial charge in [0.05, 0.1) is 0 Å². The number of aromatic nitrogens is 6. The first-order chi connectivity index (χ1) is 14.7. The first kappa shape index (κ1) is 18.2. The van der Waals surface area contributed by atoms with E-state index in [1.807, 2.05) is 48.5 Å². The van der Waals surface area contributed by atoms with Crippen LogP contribution in [0.25, 0.3) is 22.1 Å². The molecule has 1 aliphatic carbocycles. The summed E-state index contributed by atoms with van der Waals surface area (Å²) in [4.78, 5) is 27.1. The Kier molecular flexibility index (Phi) is 4.58. The Morgan fingerprint density at radius 3 is 1.23 bits per heavy atom. The second-order valence-corrected chi connectivity index (χ2v) is 7.40. The molecule has 2 aromatic heterocycles. The highest BCUT2D eigenvalue weighted by Crippen LogP contribution is 2.19. The van der Waals surface area contributed by atoms with Crippen molar-refractivity contribution in [1.29, 1.82) is 0 Å². The first-order valence-corrected chi connectivity index (χ1v) is 9.91. The molecule has 1 aliphatic rings. The summed E-state index contributed by atoms with van der Waals surface area (Å²) in [6.07, 6.45) is 3.02. The van der Waals surface area contributed by atoms with E-state index in [0.29, 0.717) is 22.1 Å². The molecule has 1 saturated carbocycles. The number of carbonyl (C=O) groups is 2. The fourth-order valence-corrected chi connectivity index (χ4v) is 3.75. The van der Waals surface area contributed by atoms with Gasteiger partial charge in [-0.1, -0.05) is 33.9 Å². The smallest absolute Gasteiger partial charge is 0.332 e. The molecule has 1 fully saturated rings. The van der Waals surface area contributed by atoms with Crippen molar-refractivity contribution in [3.8, 4) is 0 Å². The second-order valence-electron chi connectivity index (χ2n) is 7.40. The van der Waals surface area contributed by atoms with Gasteiger partial charge in [-0.05, 0) is 49.9 Å². The minimum absolute atomic E-state index is 0.0187. The van der Waals surface area contributed by atoms with Gasteiger partial charge in [-0.25, -0.2) is 9.59 Å². The molecule has 10 nitrogen and oxygen atoms in total. The Labute approximate surface area is 171 Å². The van der Waals surface area contributed by atoms with E-state index in [1.54, 1.807) is 0 Å². The number of amides is 2. The minimum atomic E-state index is -0.342. The monoisotopic (exact) mass is 404 g/mol. The second kappa shape index (κ2) is 7.54. The maximum atomic E-state index is 12.4.